The zero-order valence-corrected chi connectivity index (χ0v) is 8.99. The summed E-state index contributed by atoms with van der Waals surface area (Å²) in [4.78, 5) is 11.3. The standard InChI is InChI=1S/C11H16N2O2/c1-8(2)13-11(14)7-15-10-6-4-3-5-9(10)12/h3-6,8H,7,12H2,1-2H3,(H,13,14). The highest BCUT2D eigenvalue weighted by Crippen LogP contribution is 2.19. The van der Waals surface area contributed by atoms with Crippen LogP contribution in [0.1, 0.15) is 13.8 Å². The van der Waals surface area contributed by atoms with E-state index >= 15 is 0 Å². The van der Waals surface area contributed by atoms with Crippen molar-refractivity contribution in [2.75, 3.05) is 12.3 Å². The van der Waals surface area contributed by atoms with E-state index < -0.39 is 0 Å². The van der Waals surface area contributed by atoms with E-state index in [2.05, 4.69) is 5.32 Å². The fourth-order valence-electron chi connectivity index (χ4n) is 1.12. The number of hydrogen-bond acceptors (Lipinski definition) is 3. The summed E-state index contributed by atoms with van der Waals surface area (Å²) in [5.41, 5.74) is 6.19. The van der Waals surface area contributed by atoms with Crippen LogP contribution in [0.4, 0.5) is 5.69 Å². The number of para-hydroxylation sites is 2. The summed E-state index contributed by atoms with van der Waals surface area (Å²) in [5.74, 6) is 0.393. The predicted molar refractivity (Wildman–Crippen MR) is 59.6 cm³/mol. The first-order chi connectivity index (χ1) is 7.09. The van der Waals surface area contributed by atoms with Gasteiger partial charge in [0, 0.05) is 6.04 Å². The highest BCUT2D eigenvalue weighted by molar-refractivity contribution is 5.78. The van der Waals surface area contributed by atoms with Crippen LogP contribution in [0.2, 0.25) is 0 Å². The van der Waals surface area contributed by atoms with Gasteiger partial charge in [0.05, 0.1) is 5.69 Å². The SMILES string of the molecule is CC(C)NC(=O)COc1ccccc1N. The van der Waals surface area contributed by atoms with Crippen molar-refractivity contribution in [1.29, 1.82) is 0 Å². The maximum Gasteiger partial charge on any atom is 0.258 e. The van der Waals surface area contributed by atoms with Crippen molar-refractivity contribution in [2.24, 2.45) is 0 Å². The molecule has 1 rings (SSSR count). The molecule has 0 heterocycles. The minimum Gasteiger partial charge on any atom is -0.482 e. The molecule has 0 fully saturated rings. The molecule has 82 valence electrons. The molecule has 1 aromatic carbocycles. The molecule has 0 aliphatic rings. The van der Waals surface area contributed by atoms with Gasteiger partial charge in [0.2, 0.25) is 0 Å². The van der Waals surface area contributed by atoms with Crippen molar-refractivity contribution in [1.82, 2.24) is 5.32 Å². The van der Waals surface area contributed by atoms with Crippen LogP contribution in [0.25, 0.3) is 0 Å². The zero-order valence-electron chi connectivity index (χ0n) is 8.99. The van der Waals surface area contributed by atoms with Crippen molar-refractivity contribution in [3.8, 4) is 5.75 Å². The lowest BCUT2D eigenvalue weighted by Crippen LogP contribution is -2.34. The Morgan fingerprint density at radius 1 is 1.47 bits per heavy atom. The predicted octanol–water partition coefficient (Wildman–Crippen LogP) is 1.17. The van der Waals surface area contributed by atoms with Crippen molar-refractivity contribution in [2.45, 2.75) is 19.9 Å². The summed E-state index contributed by atoms with van der Waals surface area (Å²) >= 11 is 0. The quantitative estimate of drug-likeness (QED) is 0.730. The second-order valence-electron chi connectivity index (χ2n) is 3.55. The van der Waals surface area contributed by atoms with Crippen LogP contribution in [-0.2, 0) is 4.79 Å². The minimum absolute atomic E-state index is 0.00755. The molecular formula is C11H16N2O2. The van der Waals surface area contributed by atoms with Crippen molar-refractivity contribution in [3.05, 3.63) is 24.3 Å². The molecule has 0 aliphatic heterocycles. The molecule has 0 spiro atoms. The van der Waals surface area contributed by atoms with Crippen LogP contribution in [0.3, 0.4) is 0 Å². The third kappa shape index (κ3) is 3.89. The molecule has 0 aromatic heterocycles. The average Bonchev–Trinajstić information content (AvgIpc) is 2.15. The highest BCUT2D eigenvalue weighted by Gasteiger charge is 2.05. The number of carbonyl (C=O) groups is 1. The largest absolute Gasteiger partial charge is 0.482 e. The van der Waals surface area contributed by atoms with E-state index in [4.69, 9.17) is 10.5 Å². The first kappa shape index (κ1) is 11.4. The molecular weight excluding hydrogens is 192 g/mol. The summed E-state index contributed by atoms with van der Waals surface area (Å²) in [6, 6.07) is 7.21. The second-order valence-corrected chi connectivity index (χ2v) is 3.55. The van der Waals surface area contributed by atoms with E-state index in [1.165, 1.54) is 0 Å². The van der Waals surface area contributed by atoms with Gasteiger partial charge in [0.25, 0.3) is 5.91 Å². The van der Waals surface area contributed by atoms with Gasteiger partial charge in [0.1, 0.15) is 5.75 Å². The maximum atomic E-state index is 11.3. The number of nitrogens with two attached hydrogens (primary N) is 1. The van der Waals surface area contributed by atoms with Gasteiger partial charge in [-0.15, -0.1) is 0 Å². The lowest BCUT2D eigenvalue weighted by atomic mass is 10.3. The second kappa shape index (κ2) is 5.24. The van der Waals surface area contributed by atoms with Gasteiger partial charge in [-0.1, -0.05) is 12.1 Å². The Balaban J connectivity index is 2.44. The Labute approximate surface area is 89.4 Å². The number of nitrogens with one attached hydrogen (secondary N) is 1. The van der Waals surface area contributed by atoms with E-state index in [1.54, 1.807) is 12.1 Å². The zero-order chi connectivity index (χ0) is 11.3. The first-order valence-electron chi connectivity index (χ1n) is 4.86. The number of nitrogen functional groups attached to an aromatic ring is 1. The summed E-state index contributed by atoms with van der Waals surface area (Å²) in [5, 5.41) is 2.73. The van der Waals surface area contributed by atoms with Gasteiger partial charge >= 0.3 is 0 Å². The van der Waals surface area contributed by atoms with Crippen LogP contribution in [0.5, 0.6) is 5.75 Å². The molecule has 0 aliphatic carbocycles. The van der Waals surface area contributed by atoms with Gasteiger partial charge in [-0.05, 0) is 26.0 Å². The normalized spacial score (nSPS) is 10.1. The Kier molecular flexibility index (Phi) is 3.97. The van der Waals surface area contributed by atoms with Crippen LogP contribution in [-0.4, -0.2) is 18.6 Å². The monoisotopic (exact) mass is 208 g/mol. The Bertz CT molecular complexity index is 337. The molecule has 0 saturated carbocycles. The lowest BCUT2D eigenvalue weighted by Gasteiger charge is -2.10. The molecule has 0 radical (unpaired) electrons. The maximum absolute atomic E-state index is 11.3. The number of ether oxygens (including phenoxy) is 1. The summed E-state index contributed by atoms with van der Waals surface area (Å²) in [6.45, 7) is 3.79. The number of amides is 1. The average molecular weight is 208 g/mol. The Hall–Kier alpha value is -1.71. The topological polar surface area (TPSA) is 64.3 Å². The number of carbonyl (C=O) groups excluding carboxylic acids is 1. The minimum atomic E-state index is -0.145. The van der Waals surface area contributed by atoms with Crippen molar-refractivity contribution < 1.29 is 9.53 Å². The van der Waals surface area contributed by atoms with Crippen LogP contribution in [0.15, 0.2) is 24.3 Å². The molecule has 0 atom stereocenters. The van der Waals surface area contributed by atoms with Gasteiger partial charge in [-0.2, -0.15) is 0 Å². The molecule has 0 unspecified atom stereocenters. The molecule has 1 aromatic rings. The van der Waals surface area contributed by atoms with E-state index in [0.717, 1.165) is 0 Å². The molecule has 4 heteroatoms. The first-order valence-corrected chi connectivity index (χ1v) is 4.86. The van der Waals surface area contributed by atoms with E-state index in [-0.39, 0.29) is 18.6 Å². The number of hydrogen-bond donors (Lipinski definition) is 2. The third-order valence-electron chi connectivity index (χ3n) is 1.73. The fourth-order valence-corrected chi connectivity index (χ4v) is 1.12. The van der Waals surface area contributed by atoms with Crippen LogP contribution >= 0.6 is 0 Å². The summed E-state index contributed by atoms with van der Waals surface area (Å²) < 4.78 is 5.26. The molecule has 3 N–H and O–H groups in total. The summed E-state index contributed by atoms with van der Waals surface area (Å²) in [6.07, 6.45) is 0. The third-order valence-corrected chi connectivity index (χ3v) is 1.73. The van der Waals surface area contributed by atoms with Crippen molar-refractivity contribution >= 4 is 11.6 Å². The fraction of sp³-hybridized carbons (Fsp3) is 0.364. The highest BCUT2D eigenvalue weighted by atomic mass is 16.5. The molecule has 1 amide bonds. The smallest absolute Gasteiger partial charge is 0.258 e. The van der Waals surface area contributed by atoms with Gasteiger partial charge < -0.3 is 15.8 Å². The number of anilines is 1. The van der Waals surface area contributed by atoms with Crippen LogP contribution in [0, 0.1) is 0 Å². The lowest BCUT2D eigenvalue weighted by molar-refractivity contribution is -0.123. The number of rotatable bonds is 4. The van der Waals surface area contributed by atoms with E-state index in [0.29, 0.717) is 11.4 Å². The van der Waals surface area contributed by atoms with Gasteiger partial charge in [-0.3, -0.25) is 4.79 Å². The molecule has 0 saturated heterocycles. The van der Waals surface area contributed by atoms with Crippen LogP contribution < -0.4 is 15.8 Å². The number of benzene rings is 1. The van der Waals surface area contributed by atoms with Gasteiger partial charge in [0.15, 0.2) is 6.61 Å². The summed E-state index contributed by atoms with van der Waals surface area (Å²) in [7, 11) is 0. The molecule has 4 nitrogen and oxygen atoms in total. The van der Waals surface area contributed by atoms with Gasteiger partial charge in [-0.25, -0.2) is 0 Å². The van der Waals surface area contributed by atoms with E-state index in [9.17, 15) is 4.79 Å². The molecule has 0 bridgehead atoms. The molecule has 15 heavy (non-hydrogen) atoms. The Morgan fingerprint density at radius 2 is 2.13 bits per heavy atom. The van der Waals surface area contributed by atoms with E-state index in [1.807, 2.05) is 26.0 Å². The van der Waals surface area contributed by atoms with Crippen molar-refractivity contribution in [3.63, 3.8) is 0 Å². The Morgan fingerprint density at radius 3 is 2.73 bits per heavy atom.